The fraction of sp³-hybridized carbons (Fsp3) is 0.524. The van der Waals surface area contributed by atoms with Gasteiger partial charge in [-0.3, -0.25) is 4.68 Å². The number of guanidine groups is 1. The Bertz CT molecular complexity index is 960. The van der Waals surface area contributed by atoms with Gasteiger partial charge in [0, 0.05) is 39.1 Å². The zero-order valence-electron chi connectivity index (χ0n) is 18.3. The van der Waals surface area contributed by atoms with Gasteiger partial charge in [0.1, 0.15) is 12.4 Å². The van der Waals surface area contributed by atoms with E-state index in [2.05, 4.69) is 28.4 Å². The maximum absolute atomic E-state index is 11.5. The largest absolute Gasteiger partial charge is 0.492 e. The van der Waals surface area contributed by atoms with Gasteiger partial charge in [-0.25, -0.2) is 13.4 Å². The first-order valence-corrected chi connectivity index (χ1v) is 12.2. The van der Waals surface area contributed by atoms with E-state index >= 15 is 0 Å². The molecule has 1 N–H and O–H groups in total. The molecule has 0 spiro atoms. The van der Waals surface area contributed by atoms with Crippen molar-refractivity contribution in [3.05, 3.63) is 42.2 Å². The van der Waals surface area contributed by atoms with Crippen LogP contribution in [0.5, 0.6) is 5.75 Å². The summed E-state index contributed by atoms with van der Waals surface area (Å²) in [7, 11) is -1.24. The van der Waals surface area contributed by atoms with Crippen LogP contribution in [0.2, 0.25) is 0 Å². The SMILES string of the molecule is CCNC(=NCCOc1ccc(S(C)(=O)=O)cc1)N1CCC(Cc2cnn(C)c2)C1.I. The number of benzene rings is 1. The topological polar surface area (TPSA) is 88.8 Å². The number of hydrogen-bond acceptors (Lipinski definition) is 5. The molecular formula is C21H32IN5O3S. The second-order valence-electron chi connectivity index (χ2n) is 7.65. The summed E-state index contributed by atoms with van der Waals surface area (Å²) in [4.78, 5) is 7.31. The zero-order chi connectivity index (χ0) is 21.6. The van der Waals surface area contributed by atoms with Crippen LogP contribution in [0.1, 0.15) is 18.9 Å². The van der Waals surface area contributed by atoms with Crippen molar-refractivity contribution >= 4 is 39.8 Å². The fourth-order valence-electron chi connectivity index (χ4n) is 3.63. The van der Waals surface area contributed by atoms with E-state index in [0.29, 0.717) is 24.8 Å². The van der Waals surface area contributed by atoms with E-state index in [1.165, 1.54) is 11.8 Å². The van der Waals surface area contributed by atoms with Crippen LogP contribution < -0.4 is 10.1 Å². The Kier molecular flexibility index (Phi) is 9.60. The Morgan fingerprint density at radius 1 is 1.32 bits per heavy atom. The van der Waals surface area contributed by atoms with E-state index in [1.807, 2.05) is 17.9 Å². The van der Waals surface area contributed by atoms with Crippen LogP contribution in [0.15, 0.2) is 46.5 Å². The van der Waals surface area contributed by atoms with Gasteiger partial charge in [-0.2, -0.15) is 5.10 Å². The third-order valence-electron chi connectivity index (χ3n) is 5.08. The molecule has 2 heterocycles. The van der Waals surface area contributed by atoms with Gasteiger partial charge in [0.05, 0.1) is 17.6 Å². The first-order valence-electron chi connectivity index (χ1n) is 10.3. The van der Waals surface area contributed by atoms with Gasteiger partial charge in [-0.1, -0.05) is 0 Å². The smallest absolute Gasteiger partial charge is 0.194 e. The van der Waals surface area contributed by atoms with Crippen LogP contribution in [0.25, 0.3) is 0 Å². The van der Waals surface area contributed by atoms with Crippen molar-refractivity contribution in [3.8, 4) is 5.75 Å². The van der Waals surface area contributed by atoms with E-state index in [4.69, 9.17) is 9.73 Å². The molecule has 0 radical (unpaired) electrons. The molecule has 1 aliphatic rings. The van der Waals surface area contributed by atoms with Crippen molar-refractivity contribution in [2.75, 3.05) is 39.0 Å². The molecule has 1 saturated heterocycles. The number of halogens is 1. The Balaban J connectivity index is 0.00000341. The number of aromatic nitrogens is 2. The average Bonchev–Trinajstić information content (AvgIpc) is 3.33. The third kappa shape index (κ3) is 7.67. The molecular weight excluding hydrogens is 529 g/mol. The predicted octanol–water partition coefficient (Wildman–Crippen LogP) is 2.35. The molecule has 1 aromatic carbocycles. The molecule has 2 aromatic rings. The Morgan fingerprint density at radius 2 is 2.06 bits per heavy atom. The molecule has 1 aliphatic heterocycles. The molecule has 1 fully saturated rings. The normalized spacial score (nSPS) is 16.8. The maximum Gasteiger partial charge on any atom is 0.194 e. The second kappa shape index (κ2) is 11.7. The summed E-state index contributed by atoms with van der Waals surface area (Å²) in [6.07, 6.45) is 7.40. The molecule has 0 bridgehead atoms. The van der Waals surface area contributed by atoms with Gasteiger partial charge in [-0.15, -0.1) is 24.0 Å². The minimum Gasteiger partial charge on any atom is -0.492 e. The summed E-state index contributed by atoms with van der Waals surface area (Å²) < 4.78 is 30.6. The lowest BCUT2D eigenvalue weighted by Gasteiger charge is -2.21. The molecule has 0 amide bonds. The van der Waals surface area contributed by atoms with Crippen molar-refractivity contribution in [2.45, 2.75) is 24.7 Å². The Morgan fingerprint density at radius 3 is 2.68 bits per heavy atom. The molecule has 8 nitrogen and oxygen atoms in total. The molecule has 172 valence electrons. The predicted molar refractivity (Wildman–Crippen MR) is 133 cm³/mol. The maximum atomic E-state index is 11.5. The lowest BCUT2D eigenvalue weighted by atomic mass is 10.0. The highest BCUT2D eigenvalue weighted by Crippen LogP contribution is 2.21. The monoisotopic (exact) mass is 561 g/mol. The first kappa shape index (κ1) is 25.4. The minimum absolute atomic E-state index is 0. The van der Waals surface area contributed by atoms with Crippen LogP contribution in [-0.2, 0) is 23.3 Å². The van der Waals surface area contributed by atoms with E-state index in [-0.39, 0.29) is 28.9 Å². The van der Waals surface area contributed by atoms with Crippen molar-refractivity contribution in [3.63, 3.8) is 0 Å². The Labute approximate surface area is 202 Å². The summed E-state index contributed by atoms with van der Waals surface area (Å²) in [6, 6.07) is 6.47. The van der Waals surface area contributed by atoms with Gasteiger partial charge in [0.25, 0.3) is 0 Å². The van der Waals surface area contributed by atoms with Crippen LogP contribution >= 0.6 is 24.0 Å². The van der Waals surface area contributed by atoms with Crippen LogP contribution in [0.3, 0.4) is 0 Å². The molecule has 0 aliphatic carbocycles. The van der Waals surface area contributed by atoms with Gasteiger partial charge in [-0.05, 0) is 55.5 Å². The van der Waals surface area contributed by atoms with E-state index in [0.717, 1.165) is 38.4 Å². The average molecular weight is 561 g/mol. The number of nitrogens with zero attached hydrogens (tertiary/aromatic N) is 4. The van der Waals surface area contributed by atoms with Gasteiger partial charge < -0.3 is 15.0 Å². The Hall–Kier alpha value is -1.82. The molecule has 0 saturated carbocycles. The van der Waals surface area contributed by atoms with Crippen molar-refractivity contribution in [2.24, 2.45) is 18.0 Å². The number of aliphatic imine (C=N–C) groups is 1. The van der Waals surface area contributed by atoms with E-state index in [1.54, 1.807) is 24.3 Å². The van der Waals surface area contributed by atoms with Crippen LogP contribution in [-0.4, -0.2) is 68.1 Å². The lowest BCUT2D eigenvalue weighted by Crippen LogP contribution is -2.40. The summed E-state index contributed by atoms with van der Waals surface area (Å²) in [5.74, 6) is 2.16. The highest BCUT2D eigenvalue weighted by Gasteiger charge is 2.25. The molecule has 31 heavy (non-hydrogen) atoms. The number of sulfone groups is 1. The van der Waals surface area contributed by atoms with Gasteiger partial charge in [0.2, 0.25) is 0 Å². The molecule has 1 aromatic heterocycles. The summed E-state index contributed by atoms with van der Waals surface area (Å²) in [5.41, 5.74) is 1.28. The van der Waals surface area contributed by atoms with Crippen molar-refractivity contribution in [1.82, 2.24) is 20.0 Å². The number of hydrogen-bond donors (Lipinski definition) is 1. The number of aryl methyl sites for hydroxylation is 1. The summed E-state index contributed by atoms with van der Waals surface area (Å²) in [6.45, 7) is 5.81. The van der Waals surface area contributed by atoms with Crippen molar-refractivity contribution < 1.29 is 13.2 Å². The molecule has 1 unspecified atom stereocenters. The number of likely N-dealkylation sites (tertiary alicyclic amines) is 1. The standard InChI is InChI=1S/C21H31N5O3S.HI/c1-4-22-21(26-11-9-17(16-26)13-18-14-24-25(2)15-18)23-10-12-29-19-5-7-20(8-6-19)30(3,27)28;/h5-8,14-15,17H,4,9-13,16H2,1-3H3,(H,22,23);1H. The summed E-state index contributed by atoms with van der Waals surface area (Å²) >= 11 is 0. The molecule has 1 atom stereocenters. The molecule has 3 rings (SSSR count). The van der Waals surface area contributed by atoms with Crippen LogP contribution in [0, 0.1) is 5.92 Å². The second-order valence-corrected chi connectivity index (χ2v) is 9.67. The number of nitrogens with one attached hydrogen (secondary N) is 1. The van der Waals surface area contributed by atoms with Gasteiger partial charge in [0.15, 0.2) is 15.8 Å². The minimum atomic E-state index is -3.19. The highest BCUT2D eigenvalue weighted by atomic mass is 127. The van der Waals surface area contributed by atoms with Gasteiger partial charge >= 0.3 is 0 Å². The number of rotatable bonds is 8. The fourth-order valence-corrected chi connectivity index (χ4v) is 4.26. The third-order valence-corrected chi connectivity index (χ3v) is 6.20. The molecule has 10 heteroatoms. The highest BCUT2D eigenvalue weighted by molar-refractivity contribution is 14.0. The summed E-state index contributed by atoms with van der Waals surface area (Å²) in [5, 5.41) is 7.63. The van der Waals surface area contributed by atoms with E-state index < -0.39 is 9.84 Å². The first-order chi connectivity index (χ1) is 14.3. The number of ether oxygens (including phenoxy) is 1. The zero-order valence-corrected chi connectivity index (χ0v) is 21.5. The van der Waals surface area contributed by atoms with Crippen molar-refractivity contribution in [1.29, 1.82) is 0 Å². The lowest BCUT2D eigenvalue weighted by molar-refractivity contribution is 0.327. The quantitative estimate of drug-likeness (QED) is 0.231. The van der Waals surface area contributed by atoms with E-state index in [9.17, 15) is 8.42 Å². The van der Waals surface area contributed by atoms with Crippen LogP contribution in [0.4, 0.5) is 0 Å².